The highest BCUT2D eigenvalue weighted by Crippen LogP contribution is 2.20. The van der Waals surface area contributed by atoms with Crippen molar-refractivity contribution in [3.05, 3.63) is 0 Å². The molecular formula is C11H14BrN4O4+. The summed E-state index contributed by atoms with van der Waals surface area (Å²) in [6.07, 6.45) is 0. The number of carbonyl (C=O) groups is 3. The molecule has 1 fully saturated rings. The largest absolute Gasteiger partial charge is 0.463 e. The summed E-state index contributed by atoms with van der Waals surface area (Å²) in [6.45, 7) is 1.84. The lowest BCUT2D eigenvalue weighted by molar-refractivity contribution is -0.523. The number of amidine groups is 2. The molecule has 0 saturated carbocycles. The molecule has 0 aliphatic carbocycles. The number of halogens is 1. The molecule has 0 aromatic heterocycles. The molecule has 2 rings (SSSR count). The number of ether oxygens (including phenoxy) is 1. The first-order chi connectivity index (χ1) is 9.38. The monoisotopic (exact) mass is 345 g/mol. The van der Waals surface area contributed by atoms with E-state index in [-0.39, 0.29) is 13.2 Å². The minimum absolute atomic E-state index is 0.117. The first kappa shape index (κ1) is 14.6. The van der Waals surface area contributed by atoms with Crippen molar-refractivity contribution in [2.45, 2.75) is 13.0 Å². The number of esters is 1. The lowest BCUT2D eigenvalue weighted by Crippen LogP contribution is -2.61. The van der Waals surface area contributed by atoms with Gasteiger partial charge in [0.1, 0.15) is 0 Å². The maximum atomic E-state index is 12.2. The van der Waals surface area contributed by atoms with E-state index in [1.54, 1.807) is 6.92 Å². The van der Waals surface area contributed by atoms with E-state index < -0.39 is 23.9 Å². The Balaban J connectivity index is 2.30. The highest BCUT2D eigenvalue weighted by atomic mass is 79.9. The van der Waals surface area contributed by atoms with Crippen LogP contribution in [0.25, 0.3) is 0 Å². The Kier molecular flexibility index (Phi) is 3.89. The zero-order chi connectivity index (χ0) is 15.0. The van der Waals surface area contributed by atoms with Crippen LogP contribution < -0.4 is 0 Å². The second-order valence-electron chi connectivity index (χ2n) is 4.31. The summed E-state index contributed by atoms with van der Waals surface area (Å²) in [6, 6.07) is -1.25. The van der Waals surface area contributed by atoms with E-state index in [1.165, 1.54) is 23.6 Å². The van der Waals surface area contributed by atoms with Crippen LogP contribution in [0.2, 0.25) is 0 Å². The second-order valence-corrected chi connectivity index (χ2v) is 5.02. The highest BCUT2D eigenvalue weighted by molar-refractivity contribution is 9.18. The van der Waals surface area contributed by atoms with Crippen LogP contribution in [0, 0.1) is 0 Å². The van der Waals surface area contributed by atoms with Crippen LogP contribution in [0.5, 0.6) is 0 Å². The molecule has 2 aliphatic heterocycles. The first-order valence-electron chi connectivity index (χ1n) is 5.97. The molecule has 20 heavy (non-hydrogen) atoms. The Labute approximate surface area is 123 Å². The lowest BCUT2D eigenvalue weighted by atomic mass is 10.1. The lowest BCUT2D eigenvalue weighted by Gasteiger charge is -2.30. The zero-order valence-corrected chi connectivity index (χ0v) is 12.9. The molecule has 0 radical (unpaired) electrons. The van der Waals surface area contributed by atoms with Crippen LogP contribution in [0.3, 0.4) is 0 Å². The summed E-state index contributed by atoms with van der Waals surface area (Å²) in [4.78, 5) is 42.1. The van der Waals surface area contributed by atoms with E-state index in [2.05, 4.69) is 20.9 Å². The average molecular weight is 346 g/mol. The van der Waals surface area contributed by atoms with Crippen LogP contribution in [0.4, 0.5) is 4.79 Å². The first-order valence-corrected chi connectivity index (χ1v) is 6.76. The van der Waals surface area contributed by atoms with Crippen LogP contribution in [0.15, 0.2) is 4.99 Å². The number of fused-ring (bicyclic) bond motifs is 1. The predicted molar refractivity (Wildman–Crippen MR) is 72.8 cm³/mol. The number of imide groups is 1. The maximum Gasteiger partial charge on any atom is 0.365 e. The van der Waals surface area contributed by atoms with Gasteiger partial charge >= 0.3 is 16.7 Å². The van der Waals surface area contributed by atoms with Gasteiger partial charge < -0.3 is 4.74 Å². The molecule has 0 N–H and O–H groups in total. The molecule has 2 heterocycles. The number of nitrogens with zero attached hydrogens (tertiary/aromatic N) is 4. The van der Waals surface area contributed by atoms with Crippen molar-refractivity contribution in [1.29, 1.82) is 0 Å². The summed E-state index contributed by atoms with van der Waals surface area (Å²) in [7, 11) is 2.93. The molecule has 0 aromatic carbocycles. The SMILES string of the molecule is CCOC(=O)C[N+]1=C(Br)N=C2C1C(=O)N(C)C(=O)N2C. The molecule has 1 unspecified atom stereocenters. The Morgan fingerprint density at radius 1 is 1.40 bits per heavy atom. The third kappa shape index (κ3) is 2.21. The molecule has 1 atom stereocenters. The van der Waals surface area contributed by atoms with Crippen molar-refractivity contribution in [2.24, 2.45) is 4.99 Å². The molecule has 108 valence electrons. The van der Waals surface area contributed by atoms with Gasteiger partial charge in [0.05, 0.1) is 22.5 Å². The number of hydrogen-bond acceptors (Lipinski definition) is 5. The predicted octanol–water partition coefficient (Wildman–Crippen LogP) is -0.383. The highest BCUT2D eigenvalue weighted by Gasteiger charge is 2.53. The Morgan fingerprint density at radius 3 is 2.65 bits per heavy atom. The van der Waals surface area contributed by atoms with E-state index in [0.29, 0.717) is 10.6 Å². The van der Waals surface area contributed by atoms with Crippen molar-refractivity contribution in [3.63, 3.8) is 0 Å². The van der Waals surface area contributed by atoms with Gasteiger partial charge in [0.2, 0.25) is 0 Å². The quantitative estimate of drug-likeness (QED) is 0.396. The third-order valence-corrected chi connectivity index (χ3v) is 3.72. The minimum Gasteiger partial charge on any atom is -0.463 e. The van der Waals surface area contributed by atoms with Gasteiger partial charge in [0.25, 0.3) is 17.8 Å². The number of carbonyl (C=O) groups excluding carboxylic acids is 3. The van der Waals surface area contributed by atoms with Crippen molar-refractivity contribution < 1.29 is 23.7 Å². The van der Waals surface area contributed by atoms with E-state index >= 15 is 0 Å². The third-order valence-electron chi connectivity index (χ3n) is 3.09. The normalized spacial score (nSPS) is 22.2. The smallest absolute Gasteiger partial charge is 0.365 e. The van der Waals surface area contributed by atoms with Crippen molar-refractivity contribution in [2.75, 3.05) is 27.2 Å². The average Bonchev–Trinajstić information content (AvgIpc) is 2.72. The summed E-state index contributed by atoms with van der Waals surface area (Å²) >= 11 is 3.21. The fourth-order valence-corrected chi connectivity index (χ4v) is 2.58. The van der Waals surface area contributed by atoms with Crippen molar-refractivity contribution in [3.8, 4) is 0 Å². The van der Waals surface area contributed by atoms with Crippen molar-refractivity contribution in [1.82, 2.24) is 9.80 Å². The molecule has 0 bridgehead atoms. The van der Waals surface area contributed by atoms with Crippen LogP contribution >= 0.6 is 15.9 Å². The second kappa shape index (κ2) is 5.31. The Morgan fingerprint density at radius 2 is 2.05 bits per heavy atom. The maximum absolute atomic E-state index is 12.2. The number of amides is 3. The van der Waals surface area contributed by atoms with Gasteiger partial charge in [-0.25, -0.2) is 14.2 Å². The van der Waals surface area contributed by atoms with Gasteiger partial charge in [0, 0.05) is 14.1 Å². The van der Waals surface area contributed by atoms with Gasteiger partial charge in [-0.2, -0.15) is 0 Å². The van der Waals surface area contributed by atoms with Crippen LogP contribution in [0.1, 0.15) is 6.92 Å². The van der Waals surface area contributed by atoms with E-state index in [0.717, 1.165) is 4.90 Å². The molecule has 1 saturated heterocycles. The van der Waals surface area contributed by atoms with Gasteiger partial charge in [-0.05, 0) is 11.9 Å². The van der Waals surface area contributed by atoms with E-state index in [9.17, 15) is 14.4 Å². The molecule has 9 heteroatoms. The molecule has 3 amide bonds. The Hall–Kier alpha value is -1.77. The minimum atomic E-state index is -0.790. The summed E-state index contributed by atoms with van der Waals surface area (Å²) < 4.78 is 6.67. The van der Waals surface area contributed by atoms with Gasteiger partial charge in [-0.15, -0.1) is 0 Å². The molecule has 0 spiro atoms. The number of hydrogen-bond donors (Lipinski definition) is 0. The molecule has 2 aliphatic rings. The molecule has 8 nitrogen and oxygen atoms in total. The zero-order valence-electron chi connectivity index (χ0n) is 11.3. The fourth-order valence-electron chi connectivity index (χ4n) is 2.07. The summed E-state index contributed by atoms with van der Waals surface area (Å²) in [5.41, 5.74) is 0. The summed E-state index contributed by atoms with van der Waals surface area (Å²) in [5, 5.41) is 0. The number of rotatable bonds is 3. The van der Waals surface area contributed by atoms with Crippen LogP contribution in [-0.2, 0) is 14.3 Å². The number of likely N-dealkylation sites (N-methyl/N-ethyl adjacent to an activating group) is 2. The molecule has 0 aromatic rings. The fraction of sp³-hybridized carbons (Fsp3) is 0.545. The standard InChI is InChI=1S/C11H14BrN4O4/c1-4-20-6(17)5-16-7-8(13-10(16)12)14(2)11(19)15(3)9(7)18/h7H,4-5H2,1-3H3/q+1. The van der Waals surface area contributed by atoms with Gasteiger partial charge in [-0.1, -0.05) is 0 Å². The summed E-state index contributed by atoms with van der Waals surface area (Å²) in [5.74, 6) is -0.587. The number of aliphatic imine (C=N–C) groups is 1. The van der Waals surface area contributed by atoms with Gasteiger partial charge in [-0.3, -0.25) is 14.6 Å². The van der Waals surface area contributed by atoms with Gasteiger partial charge in [0.15, 0.2) is 6.54 Å². The molecular weight excluding hydrogens is 332 g/mol. The topological polar surface area (TPSA) is 82.3 Å². The van der Waals surface area contributed by atoms with Crippen LogP contribution in [-0.4, -0.2) is 76.2 Å². The van der Waals surface area contributed by atoms with E-state index in [1.807, 2.05) is 0 Å². The van der Waals surface area contributed by atoms with E-state index in [4.69, 9.17) is 4.74 Å². The Bertz CT molecular complexity index is 557. The number of urea groups is 1. The van der Waals surface area contributed by atoms with Crippen molar-refractivity contribution >= 4 is 44.4 Å².